The third-order valence-electron chi connectivity index (χ3n) is 3.54. The second kappa shape index (κ2) is 10.7. The molecule has 2 aromatic rings. The Morgan fingerprint density at radius 2 is 1.93 bits per heavy atom. The topological polar surface area (TPSA) is 139 Å². The second-order valence-electron chi connectivity index (χ2n) is 5.45. The number of carbonyl (C=O) groups is 1. The van der Waals surface area contributed by atoms with Gasteiger partial charge in [-0.25, -0.2) is 0 Å². The Hall–Kier alpha value is -4.39. The quantitative estimate of drug-likeness (QED) is 0.166. The third kappa shape index (κ3) is 6.69. The number of nitrogens with zero attached hydrogens (tertiary/aromatic N) is 3. The zero-order chi connectivity index (χ0) is 21.1. The van der Waals surface area contributed by atoms with E-state index in [1.807, 2.05) is 0 Å². The first-order valence-electron chi connectivity index (χ1n) is 8.22. The lowest BCUT2D eigenvalue weighted by molar-refractivity contribution is -0.384. The molecule has 0 fully saturated rings. The lowest BCUT2D eigenvalue weighted by Crippen LogP contribution is -2.23. The van der Waals surface area contributed by atoms with Gasteiger partial charge >= 0.3 is 0 Å². The molecule has 0 radical (unpaired) electrons. The fourth-order valence-corrected chi connectivity index (χ4v) is 2.02. The van der Waals surface area contributed by atoms with Gasteiger partial charge in [-0.3, -0.25) is 14.9 Å². The smallest absolute Gasteiger partial charge is 0.269 e. The van der Waals surface area contributed by atoms with Crippen LogP contribution in [0.1, 0.15) is 5.56 Å². The van der Waals surface area contributed by atoms with Crippen molar-refractivity contribution in [2.75, 3.05) is 12.4 Å². The van der Waals surface area contributed by atoms with E-state index in [2.05, 4.69) is 15.8 Å². The van der Waals surface area contributed by atoms with E-state index in [1.165, 1.54) is 30.5 Å². The number of nitriles is 1. The van der Waals surface area contributed by atoms with Crippen LogP contribution in [-0.2, 0) is 16.2 Å². The number of methoxy groups -OCH3 is 1. The van der Waals surface area contributed by atoms with Crippen molar-refractivity contribution >= 4 is 23.6 Å². The van der Waals surface area contributed by atoms with Crippen molar-refractivity contribution in [1.29, 1.82) is 5.26 Å². The van der Waals surface area contributed by atoms with Crippen molar-refractivity contribution < 1.29 is 19.3 Å². The maximum absolute atomic E-state index is 12.0. The molecule has 0 saturated heterocycles. The molecule has 0 unspecified atom stereocenters. The van der Waals surface area contributed by atoms with Crippen molar-refractivity contribution in [1.82, 2.24) is 5.32 Å². The van der Waals surface area contributed by atoms with Crippen LogP contribution >= 0.6 is 0 Å². The van der Waals surface area contributed by atoms with E-state index < -0.39 is 10.8 Å². The second-order valence-corrected chi connectivity index (χ2v) is 5.45. The molecule has 2 rings (SSSR count). The van der Waals surface area contributed by atoms with Crippen LogP contribution in [0.4, 0.5) is 11.4 Å². The Labute approximate surface area is 166 Å². The number of nitrogens with one attached hydrogen (secondary N) is 2. The van der Waals surface area contributed by atoms with Crippen LogP contribution in [0.5, 0.6) is 5.75 Å². The van der Waals surface area contributed by atoms with E-state index in [0.29, 0.717) is 17.0 Å². The van der Waals surface area contributed by atoms with Crippen LogP contribution in [0.3, 0.4) is 0 Å². The van der Waals surface area contributed by atoms with Crippen LogP contribution in [-0.4, -0.2) is 24.3 Å². The van der Waals surface area contributed by atoms with Gasteiger partial charge in [0.2, 0.25) is 0 Å². The van der Waals surface area contributed by atoms with Gasteiger partial charge in [0.05, 0.1) is 12.0 Å². The minimum atomic E-state index is -0.670. The fraction of sp³-hybridized carbons (Fsp3) is 0.105. The molecule has 148 valence electrons. The molecule has 0 atom stereocenters. The van der Waals surface area contributed by atoms with Crippen molar-refractivity contribution in [2.24, 2.45) is 5.16 Å². The van der Waals surface area contributed by atoms with Crippen LogP contribution in [0, 0.1) is 21.4 Å². The molecule has 0 saturated carbocycles. The number of ether oxygens (including phenoxy) is 1. The van der Waals surface area contributed by atoms with Crippen molar-refractivity contribution in [3.8, 4) is 11.8 Å². The van der Waals surface area contributed by atoms with Crippen molar-refractivity contribution in [2.45, 2.75) is 6.61 Å². The predicted molar refractivity (Wildman–Crippen MR) is 105 cm³/mol. The molecule has 29 heavy (non-hydrogen) atoms. The summed E-state index contributed by atoms with van der Waals surface area (Å²) in [6, 6.07) is 14.5. The number of hydrogen-bond acceptors (Lipinski definition) is 8. The number of anilines is 1. The molecule has 0 aliphatic carbocycles. The summed E-state index contributed by atoms with van der Waals surface area (Å²) in [7, 11) is 1.55. The lowest BCUT2D eigenvalue weighted by Gasteiger charge is -2.04. The first-order chi connectivity index (χ1) is 14.0. The highest BCUT2D eigenvalue weighted by Crippen LogP contribution is 2.15. The molecular weight excluding hydrogens is 378 g/mol. The van der Waals surface area contributed by atoms with Crippen LogP contribution in [0.2, 0.25) is 0 Å². The van der Waals surface area contributed by atoms with Crippen LogP contribution in [0.25, 0.3) is 0 Å². The number of non-ortho nitro benzene ring substituents is 1. The van der Waals surface area contributed by atoms with Crippen LogP contribution < -0.4 is 15.4 Å². The molecule has 0 aliphatic rings. The highest BCUT2D eigenvalue weighted by Gasteiger charge is 2.07. The largest absolute Gasteiger partial charge is 0.497 e. The van der Waals surface area contributed by atoms with Gasteiger partial charge in [-0.2, -0.15) is 5.26 Å². The zero-order valence-corrected chi connectivity index (χ0v) is 15.4. The standard InChI is InChI=1S/C19H17N5O5/c1-28-18-8-4-16(5-9-18)21-11-15(10-20)19(25)22-13-23-29-12-14-2-6-17(7-3-14)24(26)27/h2-9,11,13,21H,12H2,1H3,(H,22,23,25)/b15-11+. The Morgan fingerprint density at radius 3 is 2.52 bits per heavy atom. The third-order valence-corrected chi connectivity index (χ3v) is 3.54. The summed E-state index contributed by atoms with van der Waals surface area (Å²) in [6.07, 6.45) is 2.27. The zero-order valence-electron chi connectivity index (χ0n) is 15.4. The molecule has 2 aromatic carbocycles. The first kappa shape index (κ1) is 20.9. The monoisotopic (exact) mass is 395 g/mol. The number of carbonyl (C=O) groups excluding carboxylic acids is 1. The average Bonchev–Trinajstić information content (AvgIpc) is 2.74. The van der Waals surface area contributed by atoms with E-state index in [4.69, 9.17) is 14.8 Å². The molecule has 0 aliphatic heterocycles. The maximum atomic E-state index is 12.0. The summed E-state index contributed by atoms with van der Waals surface area (Å²) in [6.45, 7) is 0.0599. The highest BCUT2D eigenvalue weighted by molar-refractivity contribution is 6.03. The van der Waals surface area contributed by atoms with E-state index in [0.717, 1.165) is 6.34 Å². The minimum absolute atomic E-state index is 0.0245. The normalized spacial score (nSPS) is 10.8. The van der Waals surface area contributed by atoms with Gasteiger partial charge in [-0.05, 0) is 42.0 Å². The molecule has 0 spiro atoms. The summed E-state index contributed by atoms with van der Waals surface area (Å²) >= 11 is 0. The molecule has 10 heteroatoms. The van der Waals surface area contributed by atoms with Gasteiger partial charge < -0.3 is 20.2 Å². The number of benzene rings is 2. The van der Waals surface area contributed by atoms with Gasteiger partial charge in [-0.1, -0.05) is 5.16 Å². The molecule has 2 N–H and O–H groups in total. The van der Waals surface area contributed by atoms with Gasteiger partial charge in [0.1, 0.15) is 30.3 Å². The van der Waals surface area contributed by atoms with E-state index in [-0.39, 0.29) is 17.9 Å². The SMILES string of the molecule is COc1ccc(N/C=C(\C#N)C(=O)N/C=N/OCc2ccc([N+](=O)[O-])cc2)cc1. The fourth-order valence-electron chi connectivity index (χ4n) is 2.02. The first-order valence-corrected chi connectivity index (χ1v) is 8.22. The highest BCUT2D eigenvalue weighted by atomic mass is 16.6. The van der Waals surface area contributed by atoms with Gasteiger partial charge in [0, 0.05) is 24.0 Å². The average molecular weight is 395 g/mol. The Morgan fingerprint density at radius 1 is 1.24 bits per heavy atom. The summed E-state index contributed by atoms with van der Waals surface area (Å²) in [5.74, 6) is 0.0129. The van der Waals surface area contributed by atoms with Gasteiger partial charge in [0.25, 0.3) is 11.6 Å². The molecule has 10 nitrogen and oxygen atoms in total. The van der Waals surface area contributed by atoms with Crippen LogP contribution in [0.15, 0.2) is 65.5 Å². The molecule has 0 bridgehead atoms. The number of hydrogen-bond donors (Lipinski definition) is 2. The Bertz CT molecular complexity index is 946. The van der Waals surface area contributed by atoms with Gasteiger partial charge in [0.15, 0.2) is 0 Å². The molecular formula is C19H17N5O5. The summed E-state index contributed by atoms with van der Waals surface area (Å²) in [4.78, 5) is 27.0. The number of nitro groups is 1. The molecule has 0 aromatic heterocycles. The van der Waals surface area contributed by atoms with Crippen molar-refractivity contribution in [3.63, 3.8) is 0 Å². The van der Waals surface area contributed by atoms with Crippen molar-refractivity contribution in [3.05, 3.63) is 76.0 Å². The van der Waals surface area contributed by atoms with Gasteiger partial charge in [-0.15, -0.1) is 0 Å². The number of nitro benzene ring substituents is 1. The van der Waals surface area contributed by atoms with E-state index >= 15 is 0 Å². The number of amides is 1. The molecule has 1 amide bonds. The van der Waals surface area contributed by atoms with E-state index in [1.54, 1.807) is 37.4 Å². The summed E-state index contributed by atoms with van der Waals surface area (Å²) in [5, 5.41) is 28.4. The number of rotatable bonds is 9. The Kier molecular flexibility index (Phi) is 7.71. The summed E-state index contributed by atoms with van der Waals surface area (Å²) in [5.41, 5.74) is 1.15. The maximum Gasteiger partial charge on any atom is 0.269 e. The lowest BCUT2D eigenvalue weighted by atomic mass is 10.2. The predicted octanol–water partition coefficient (Wildman–Crippen LogP) is 2.70. The minimum Gasteiger partial charge on any atom is -0.497 e. The number of oxime groups is 1. The van der Waals surface area contributed by atoms with E-state index in [9.17, 15) is 14.9 Å². The summed E-state index contributed by atoms with van der Waals surface area (Å²) < 4.78 is 5.05. The Balaban J connectivity index is 1.80. The molecule has 0 heterocycles.